The van der Waals surface area contributed by atoms with Gasteiger partial charge in [-0.2, -0.15) is 0 Å². The van der Waals surface area contributed by atoms with Crippen molar-refractivity contribution >= 4 is 17.5 Å². The monoisotopic (exact) mass is 331 g/mol. The van der Waals surface area contributed by atoms with Gasteiger partial charge in [0.05, 0.1) is 19.6 Å². The Kier molecular flexibility index (Phi) is 6.05. The van der Waals surface area contributed by atoms with Crippen molar-refractivity contribution in [2.24, 2.45) is 5.92 Å². The summed E-state index contributed by atoms with van der Waals surface area (Å²) in [4.78, 5) is 12.4. The van der Waals surface area contributed by atoms with Crippen molar-refractivity contribution < 1.29 is 9.53 Å². The number of rotatable bonds is 6. The molecule has 3 nitrogen and oxygen atoms in total. The van der Waals surface area contributed by atoms with Crippen LogP contribution in [0.5, 0.6) is 5.75 Å². The first kappa shape index (κ1) is 17.4. The number of ether oxygens (including phenoxy) is 1. The number of amides is 1. The number of hydrogen-bond donors (Lipinski definition) is 1. The molecule has 0 fully saturated rings. The Morgan fingerprint density at radius 1 is 1.13 bits per heavy atom. The molecule has 1 atom stereocenters. The molecule has 0 saturated carbocycles. The zero-order chi connectivity index (χ0) is 16.8. The van der Waals surface area contributed by atoms with Gasteiger partial charge in [0.2, 0.25) is 5.91 Å². The van der Waals surface area contributed by atoms with Crippen LogP contribution in [0.1, 0.15) is 31.0 Å². The minimum absolute atomic E-state index is 0.0346. The lowest BCUT2D eigenvalue weighted by Gasteiger charge is -2.23. The highest BCUT2D eigenvalue weighted by atomic mass is 35.5. The maximum atomic E-state index is 12.4. The van der Waals surface area contributed by atoms with E-state index in [0.717, 1.165) is 16.9 Å². The summed E-state index contributed by atoms with van der Waals surface area (Å²) in [6.07, 6.45) is 0.277. The third kappa shape index (κ3) is 4.73. The Labute approximate surface area is 142 Å². The Balaban J connectivity index is 2.09. The van der Waals surface area contributed by atoms with Crippen molar-refractivity contribution in [3.63, 3.8) is 0 Å². The lowest BCUT2D eigenvalue weighted by atomic mass is 9.95. The summed E-state index contributed by atoms with van der Waals surface area (Å²) in [6.45, 7) is 4.18. The zero-order valence-corrected chi connectivity index (χ0v) is 14.4. The lowest BCUT2D eigenvalue weighted by Crippen LogP contribution is -2.32. The highest BCUT2D eigenvalue weighted by Crippen LogP contribution is 2.24. The molecule has 0 aromatic heterocycles. The van der Waals surface area contributed by atoms with Crippen LogP contribution in [0.3, 0.4) is 0 Å². The van der Waals surface area contributed by atoms with E-state index in [4.69, 9.17) is 16.3 Å². The van der Waals surface area contributed by atoms with Crippen molar-refractivity contribution in [2.45, 2.75) is 26.3 Å². The van der Waals surface area contributed by atoms with Gasteiger partial charge in [-0.1, -0.05) is 55.8 Å². The highest BCUT2D eigenvalue weighted by molar-refractivity contribution is 6.31. The molecule has 2 aromatic carbocycles. The molecule has 2 aromatic rings. The number of carbonyl (C=O) groups excluding carboxylic acids is 1. The van der Waals surface area contributed by atoms with E-state index in [0.29, 0.717) is 5.02 Å². The fourth-order valence-corrected chi connectivity index (χ4v) is 2.69. The average Bonchev–Trinajstić information content (AvgIpc) is 2.55. The molecule has 0 spiro atoms. The van der Waals surface area contributed by atoms with Crippen LogP contribution in [-0.2, 0) is 11.2 Å². The molecule has 2 rings (SSSR count). The molecule has 0 aliphatic heterocycles. The maximum absolute atomic E-state index is 12.4. The molecular weight excluding hydrogens is 310 g/mol. The minimum Gasteiger partial charge on any atom is -0.497 e. The molecular formula is C19H22ClNO2. The quantitative estimate of drug-likeness (QED) is 0.851. The largest absolute Gasteiger partial charge is 0.497 e. The molecule has 1 unspecified atom stereocenters. The molecule has 0 heterocycles. The van der Waals surface area contributed by atoms with E-state index in [-0.39, 0.29) is 24.3 Å². The van der Waals surface area contributed by atoms with E-state index in [9.17, 15) is 4.79 Å². The van der Waals surface area contributed by atoms with Gasteiger partial charge in [0.25, 0.3) is 0 Å². The summed E-state index contributed by atoms with van der Waals surface area (Å²) in [6, 6.07) is 15.2. The summed E-state index contributed by atoms with van der Waals surface area (Å²) < 4.78 is 5.18. The average molecular weight is 332 g/mol. The SMILES string of the molecule is COc1ccc(C(NC(=O)Cc2ccccc2Cl)C(C)C)cc1. The van der Waals surface area contributed by atoms with E-state index in [2.05, 4.69) is 19.2 Å². The van der Waals surface area contributed by atoms with Crippen molar-refractivity contribution in [1.82, 2.24) is 5.32 Å². The van der Waals surface area contributed by atoms with Gasteiger partial charge < -0.3 is 10.1 Å². The summed E-state index contributed by atoms with van der Waals surface area (Å²) in [7, 11) is 1.64. The summed E-state index contributed by atoms with van der Waals surface area (Å²) in [5.74, 6) is 1.05. The Morgan fingerprint density at radius 3 is 2.35 bits per heavy atom. The van der Waals surface area contributed by atoms with Crippen LogP contribution in [0, 0.1) is 5.92 Å². The first-order valence-electron chi connectivity index (χ1n) is 7.68. The molecule has 0 saturated heterocycles. The molecule has 4 heteroatoms. The van der Waals surface area contributed by atoms with Crippen molar-refractivity contribution in [3.05, 3.63) is 64.7 Å². The first-order chi connectivity index (χ1) is 11.0. The molecule has 23 heavy (non-hydrogen) atoms. The molecule has 0 bridgehead atoms. The first-order valence-corrected chi connectivity index (χ1v) is 8.05. The second kappa shape index (κ2) is 8.02. The fourth-order valence-electron chi connectivity index (χ4n) is 2.49. The second-order valence-corrected chi connectivity index (χ2v) is 6.24. The van der Waals surface area contributed by atoms with Gasteiger partial charge in [0.1, 0.15) is 5.75 Å². The number of methoxy groups -OCH3 is 1. The van der Waals surface area contributed by atoms with Gasteiger partial charge in [-0.25, -0.2) is 0 Å². The van der Waals surface area contributed by atoms with Crippen LogP contribution in [0.15, 0.2) is 48.5 Å². The number of halogens is 1. The third-order valence-electron chi connectivity index (χ3n) is 3.77. The molecule has 0 aliphatic rings. The Hall–Kier alpha value is -2.00. The van der Waals surface area contributed by atoms with Gasteiger partial charge in [-0.3, -0.25) is 4.79 Å². The lowest BCUT2D eigenvalue weighted by molar-refractivity contribution is -0.121. The highest BCUT2D eigenvalue weighted by Gasteiger charge is 2.19. The molecule has 0 aliphatic carbocycles. The predicted molar refractivity (Wildman–Crippen MR) is 93.9 cm³/mol. The summed E-state index contributed by atoms with van der Waals surface area (Å²) in [5, 5.41) is 3.73. The van der Waals surface area contributed by atoms with Gasteiger partial charge >= 0.3 is 0 Å². The number of benzene rings is 2. The fraction of sp³-hybridized carbons (Fsp3) is 0.316. The second-order valence-electron chi connectivity index (χ2n) is 5.83. The normalized spacial score (nSPS) is 12.0. The smallest absolute Gasteiger partial charge is 0.224 e. The zero-order valence-electron chi connectivity index (χ0n) is 13.7. The Bertz CT molecular complexity index is 653. The Morgan fingerprint density at radius 2 is 1.78 bits per heavy atom. The van der Waals surface area contributed by atoms with Crippen molar-refractivity contribution in [1.29, 1.82) is 0 Å². The molecule has 0 radical (unpaired) electrons. The van der Waals surface area contributed by atoms with Crippen LogP contribution in [0.25, 0.3) is 0 Å². The van der Waals surface area contributed by atoms with E-state index >= 15 is 0 Å². The van der Waals surface area contributed by atoms with Gasteiger partial charge in [-0.05, 0) is 35.2 Å². The van der Waals surface area contributed by atoms with Crippen LogP contribution in [-0.4, -0.2) is 13.0 Å². The van der Waals surface area contributed by atoms with Crippen LogP contribution in [0.2, 0.25) is 5.02 Å². The minimum atomic E-state index is -0.0455. The van der Waals surface area contributed by atoms with E-state index in [1.165, 1.54) is 0 Å². The predicted octanol–water partition coefficient (Wildman–Crippen LogP) is 4.40. The summed E-state index contributed by atoms with van der Waals surface area (Å²) in [5.41, 5.74) is 1.90. The van der Waals surface area contributed by atoms with E-state index < -0.39 is 0 Å². The van der Waals surface area contributed by atoms with Crippen LogP contribution >= 0.6 is 11.6 Å². The van der Waals surface area contributed by atoms with Crippen LogP contribution in [0.4, 0.5) is 0 Å². The van der Waals surface area contributed by atoms with Gasteiger partial charge in [0.15, 0.2) is 0 Å². The topological polar surface area (TPSA) is 38.3 Å². The number of nitrogens with one attached hydrogen (secondary N) is 1. The van der Waals surface area contributed by atoms with E-state index in [1.807, 2.05) is 42.5 Å². The van der Waals surface area contributed by atoms with Crippen LogP contribution < -0.4 is 10.1 Å². The summed E-state index contributed by atoms with van der Waals surface area (Å²) >= 11 is 6.12. The van der Waals surface area contributed by atoms with Gasteiger partial charge in [0, 0.05) is 5.02 Å². The van der Waals surface area contributed by atoms with E-state index in [1.54, 1.807) is 13.2 Å². The van der Waals surface area contributed by atoms with Crippen molar-refractivity contribution in [3.8, 4) is 5.75 Å². The number of hydrogen-bond acceptors (Lipinski definition) is 2. The third-order valence-corrected chi connectivity index (χ3v) is 4.14. The maximum Gasteiger partial charge on any atom is 0.224 e. The number of carbonyl (C=O) groups is 1. The van der Waals surface area contributed by atoms with Crippen molar-refractivity contribution in [2.75, 3.05) is 7.11 Å². The van der Waals surface area contributed by atoms with Gasteiger partial charge in [-0.15, -0.1) is 0 Å². The molecule has 1 N–H and O–H groups in total. The molecule has 122 valence electrons. The molecule has 1 amide bonds. The standard InChI is InChI=1S/C19H22ClNO2/c1-13(2)19(14-8-10-16(23-3)11-9-14)21-18(22)12-15-6-4-5-7-17(15)20/h4-11,13,19H,12H2,1-3H3,(H,21,22).